The SMILES string of the molecule is CCC(C)CC(C)CC(O)(CO)C(=O)O[C@@H]1CC[C@H](C)[C@@]2(C)C=C([C@H](C)CO)C(=O)C=C12. The second-order valence-corrected chi connectivity index (χ2v) is 10.6. The Kier molecular flexibility index (Phi) is 8.88. The number of carbonyl (C=O) groups is 2. The molecule has 0 spiro atoms. The van der Waals surface area contributed by atoms with Crippen LogP contribution in [0.4, 0.5) is 0 Å². The Morgan fingerprint density at radius 1 is 1.25 bits per heavy atom. The van der Waals surface area contributed by atoms with E-state index in [0.717, 1.165) is 24.8 Å². The highest BCUT2D eigenvalue weighted by molar-refractivity contribution is 6.06. The normalized spacial score (nSPS) is 30.3. The minimum atomic E-state index is -1.96. The van der Waals surface area contributed by atoms with Crippen LogP contribution in [-0.2, 0) is 14.3 Å². The fourth-order valence-corrected chi connectivity index (χ4v) is 5.15. The van der Waals surface area contributed by atoms with Crippen LogP contribution in [0.2, 0.25) is 0 Å². The van der Waals surface area contributed by atoms with Crippen molar-refractivity contribution < 1.29 is 29.6 Å². The summed E-state index contributed by atoms with van der Waals surface area (Å²) in [6.45, 7) is 11.4. The molecule has 0 aromatic heterocycles. The Bertz CT molecular complexity index is 755. The molecule has 0 amide bonds. The average Bonchev–Trinajstić information content (AvgIpc) is 2.75. The van der Waals surface area contributed by atoms with Gasteiger partial charge in [-0.3, -0.25) is 4.79 Å². The smallest absolute Gasteiger partial charge is 0.341 e. The molecule has 7 atom stereocenters. The van der Waals surface area contributed by atoms with Crippen molar-refractivity contribution in [3.8, 4) is 0 Å². The average molecular weight is 451 g/mol. The zero-order chi connectivity index (χ0) is 24.3. The van der Waals surface area contributed by atoms with E-state index < -0.39 is 29.7 Å². The van der Waals surface area contributed by atoms with E-state index >= 15 is 0 Å². The topological polar surface area (TPSA) is 104 Å². The van der Waals surface area contributed by atoms with Gasteiger partial charge in [0.2, 0.25) is 0 Å². The fraction of sp³-hybridized carbons (Fsp3) is 0.769. The lowest BCUT2D eigenvalue weighted by Crippen LogP contribution is -2.49. The molecule has 0 aromatic carbocycles. The summed E-state index contributed by atoms with van der Waals surface area (Å²) in [5.41, 5.74) is -1.12. The maximum atomic E-state index is 13.0. The summed E-state index contributed by atoms with van der Waals surface area (Å²) >= 11 is 0. The summed E-state index contributed by atoms with van der Waals surface area (Å²) in [6, 6.07) is 0. The molecule has 6 heteroatoms. The summed E-state index contributed by atoms with van der Waals surface area (Å²) in [7, 11) is 0. The molecule has 0 saturated heterocycles. The van der Waals surface area contributed by atoms with Crippen LogP contribution >= 0.6 is 0 Å². The number of hydrogen-bond donors (Lipinski definition) is 3. The molecular weight excluding hydrogens is 408 g/mol. The van der Waals surface area contributed by atoms with Crippen LogP contribution in [0.1, 0.15) is 73.6 Å². The van der Waals surface area contributed by atoms with E-state index in [1.165, 1.54) is 0 Å². The van der Waals surface area contributed by atoms with Gasteiger partial charge in [0.15, 0.2) is 11.4 Å². The minimum Gasteiger partial charge on any atom is -0.456 e. The third-order valence-corrected chi connectivity index (χ3v) is 7.76. The number of ether oxygens (including phenoxy) is 1. The largest absolute Gasteiger partial charge is 0.456 e. The number of aliphatic hydroxyl groups excluding tert-OH is 2. The number of allylic oxidation sites excluding steroid dienone is 2. The maximum absolute atomic E-state index is 13.0. The van der Waals surface area contributed by atoms with Gasteiger partial charge in [-0.15, -0.1) is 0 Å². The Labute approximate surface area is 192 Å². The monoisotopic (exact) mass is 450 g/mol. The molecular formula is C26H42O6. The first-order valence-corrected chi connectivity index (χ1v) is 12.1. The van der Waals surface area contributed by atoms with Gasteiger partial charge in [-0.1, -0.05) is 54.0 Å². The van der Waals surface area contributed by atoms with Gasteiger partial charge in [0, 0.05) is 23.5 Å². The molecule has 1 fully saturated rings. The summed E-state index contributed by atoms with van der Waals surface area (Å²) < 4.78 is 5.78. The van der Waals surface area contributed by atoms with Gasteiger partial charge in [-0.05, 0) is 55.1 Å². The van der Waals surface area contributed by atoms with Crippen LogP contribution in [0.15, 0.2) is 23.3 Å². The van der Waals surface area contributed by atoms with E-state index in [1.807, 2.05) is 26.8 Å². The summed E-state index contributed by atoms with van der Waals surface area (Å²) in [5.74, 6) is -0.528. The first-order valence-electron chi connectivity index (χ1n) is 12.1. The number of fused-ring (bicyclic) bond motifs is 1. The van der Waals surface area contributed by atoms with E-state index in [2.05, 4.69) is 20.8 Å². The van der Waals surface area contributed by atoms with Crippen molar-refractivity contribution in [3.63, 3.8) is 0 Å². The molecule has 3 unspecified atom stereocenters. The predicted octanol–water partition coefficient (Wildman–Crippen LogP) is 3.58. The van der Waals surface area contributed by atoms with Gasteiger partial charge >= 0.3 is 5.97 Å². The quantitative estimate of drug-likeness (QED) is 0.440. The van der Waals surface area contributed by atoms with Crippen molar-refractivity contribution in [1.29, 1.82) is 0 Å². The molecule has 0 aromatic rings. The number of hydrogen-bond acceptors (Lipinski definition) is 6. The van der Waals surface area contributed by atoms with Crippen molar-refractivity contribution in [2.24, 2.45) is 29.1 Å². The highest BCUT2D eigenvalue weighted by atomic mass is 16.6. The second-order valence-electron chi connectivity index (χ2n) is 10.6. The molecule has 0 radical (unpaired) electrons. The van der Waals surface area contributed by atoms with Crippen molar-refractivity contribution in [2.75, 3.05) is 13.2 Å². The first kappa shape index (κ1) is 26.7. The third-order valence-electron chi connectivity index (χ3n) is 7.76. The van der Waals surface area contributed by atoms with Gasteiger partial charge in [-0.2, -0.15) is 0 Å². The number of carbonyl (C=O) groups excluding carboxylic acids is 2. The molecule has 182 valence electrons. The molecule has 2 rings (SSSR count). The zero-order valence-electron chi connectivity index (χ0n) is 20.6. The maximum Gasteiger partial charge on any atom is 0.341 e. The summed E-state index contributed by atoms with van der Waals surface area (Å²) in [6.07, 6.45) is 6.20. The Balaban J connectivity index is 2.23. The molecule has 2 aliphatic carbocycles. The molecule has 0 bridgehead atoms. The summed E-state index contributed by atoms with van der Waals surface area (Å²) in [4.78, 5) is 25.8. The summed E-state index contributed by atoms with van der Waals surface area (Å²) in [5, 5.41) is 30.3. The van der Waals surface area contributed by atoms with Crippen molar-refractivity contribution in [3.05, 3.63) is 23.3 Å². The molecule has 0 heterocycles. The number of aliphatic hydroxyl groups is 3. The van der Waals surface area contributed by atoms with Gasteiger partial charge in [0.25, 0.3) is 0 Å². The van der Waals surface area contributed by atoms with Crippen LogP contribution in [-0.4, -0.2) is 52.0 Å². The second kappa shape index (κ2) is 10.6. The Morgan fingerprint density at radius 3 is 2.47 bits per heavy atom. The lowest BCUT2D eigenvalue weighted by molar-refractivity contribution is -0.178. The van der Waals surface area contributed by atoms with Gasteiger partial charge < -0.3 is 20.1 Å². The molecule has 1 saturated carbocycles. The van der Waals surface area contributed by atoms with E-state index in [-0.39, 0.29) is 36.6 Å². The number of rotatable bonds is 10. The lowest BCUT2D eigenvalue weighted by atomic mass is 9.60. The van der Waals surface area contributed by atoms with Crippen LogP contribution in [0, 0.1) is 29.1 Å². The lowest BCUT2D eigenvalue weighted by Gasteiger charge is -2.46. The molecule has 0 aliphatic heterocycles. The van der Waals surface area contributed by atoms with E-state index in [1.54, 1.807) is 6.08 Å². The molecule has 6 nitrogen and oxygen atoms in total. The molecule has 32 heavy (non-hydrogen) atoms. The van der Waals surface area contributed by atoms with Crippen LogP contribution in [0.5, 0.6) is 0 Å². The highest BCUT2D eigenvalue weighted by Crippen LogP contribution is 2.50. The van der Waals surface area contributed by atoms with Crippen molar-refractivity contribution >= 4 is 11.8 Å². The van der Waals surface area contributed by atoms with Crippen LogP contribution in [0.3, 0.4) is 0 Å². The van der Waals surface area contributed by atoms with Crippen molar-refractivity contribution in [1.82, 2.24) is 0 Å². The fourth-order valence-electron chi connectivity index (χ4n) is 5.15. The van der Waals surface area contributed by atoms with Gasteiger partial charge in [-0.25, -0.2) is 4.79 Å². The first-order chi connectivity index (χ1) is 14.9. The van der Waals surface area contributed by atoms with E-state index in [9.17, 15) is 24.9 Å². The van der Waals surface area contributed by atoms with Crippen LogP contribution in [0.25, 0.3) is 0 Å². The van der Waals surface area contributed by atoms with E-state index in [0.29, 0.717) is 17.9 Å². The third kappa shape index (κ3) is 5.52. The van der Waals surface area contributed by atoms with Gasteiger partial charge in [0.1, 0.15) is 6.10 Å². The Morgan fingerprint density at radius 2 is 1.91 bits per heavy atom. The predicted molar refractivity (Wildman–Crippen MR) is 124 cm³/mol. The molecule has 2 aliphatic rings. The Hall–Kier alpha value is -1.50. The number of esters is 1. The number of ketones is 1. The van der Waals surface area contributed by atoms with Gasteiger partial charge in [0.05, 0.1) is 6.61 Å². The molecule has 3 N–H and O–H groups in total. The highest BCUT2D eigenvalue weighted by Gasteiger charge is 2.48. The van der Waals surface area contributed by atoms with E-state index in [4.69, 9.17) is 4.74 Å². The standard InChI is InChI=1S/C26H42O6/c1-7-16(2)10-17(3)12-26(31,15-28)24(30)32-23-9-8-19(5)25(6)13-20(18(4)14-27)22(29)11-21(23)25/h11,13,16-19,23,27-28,31H,7-10,12,14-15H2,1-6H3/t16?,17?,18-,19+,23-,25-,26?/m1/s1. The van der Waals surface area contributed by atoms with Crippen LogP contribution < -0.4 is 0 Å². The van der Waals surface area contributed by atoms with Crippen molar-refractivity contribution in [2.45, 2.75) is 85.4 Å². The minimum absolute atomic E-state index is 0.0484. The zero-order valence-corrected chi connectivity index (χ0v) is 20.6.